The number of aromatic nitrogens is 2. The van der Waals surface area contributed by atoms with Crippen LogP contribution in [0.4, 0.5) is 5.69 Å². The van der Waals surface area contributed by atoms with Crippen LogP contribution in [0.3, 0.4) is 0 Å². The molecule has 0 radical (unpaired) electrons. The number of piperidine rings is 1. The summed E-state index contributed by atoms with van der Waals surface area (Å²) in [4.78, 5) is 17.4. The van der Waals surface area contributed by atoms with Gasteiger partial charge in [0.2, 0.25) is 0 Å². The second-order valence-corrected chi connectivity index (χ2v) is 6.62. The van der Waals surface area contributed by atoms with Gasteiger partial charge in [-0.25, -0.2) is 9.97 Å². The third-order valence-electron chi connectivity index (χ3n) is 4.72. The Labute approximate surface area is 153 Å². The molecule has 0 bridgehead atoms. The molecule has 26 heavy (non-hydrogen) atoms. The molecule has 2 aromatic rings. The lowest BCUT2D eigenvalue weighted by atomic mass is 10.1. The van der Waals surface area contributed by atoms with Gasteiger partial charge in [-0.1, -0.05) is 18.2 Å². The Morgan fingerprint density at radius 1 is 1.15 bits per heavy atom. The molecule has 1 aromatic heterocycles. The monoisotopic (exact) mass is 349 g/mol. The van der Waals surface area contributed by atoms with Crippen LogP contribution in [0.1, 0.15) is 18.5 Å². The van der Waals surface area contributed by atoms with E-state index in [1.165, 1.54) is 5.69 Å². The minimum absolute atomic E-state index is 0.134. The maximum atomic E-state index is 6.30. The number of nitrogens with zero attached hydrogens (tertiary/aromatic N) is 5. The van der Waals surface area contributed by atoms with E-state index >= 15 is 0 Å². The van der Waals surface area contributed by atoms with E-state index in [9.17, 15) is 0 Å². The highest BCUT2D eigenvalue weighted by atomic mass is 16.5. The zero-order valence-electron chi connectivity index (χ0n) is 15.0. The average molecular weight is 349 g/mol. The molecule has 1 aromatic carbocycles. The van der Waals surface area contributed by atoms with E-state index in [4.69, 9.17) is 9.73 Å². The fourth-order valence-corrected chi connectivity index (χ4v) is 3.31. The summed E-state index contributed by atoms with van der Waals surface area (Å²) in [6.45, 7) is 2.70. The lowest BCUT2D eigenvalue weighted by molar-refractivity contribution is 0.139. The molecule has 2 aliphatic rings. The lowest BCUT2D eigenvalue weighted by Gasteiger charge is -2.36. The largest absolute Gasteiger partial charge is 0.460 e. The Bertz CT molecular complexity index is 790. The van der Waals surface area contributed by atoms with Crippen molar-refractivity contribution in [1.82, 2.24) is 14.9 Å². The average Bonchev–Trinajstić information content (AvgIpc) is 2.71. The molecule has 6 nitrogen and oxygen atoms in total. The Kier molecular flexibility index (Phi) is 4.82. The van der Waals surface area contributed by atoms with Crippen molar-refractivity contribution in [1.29, 1.82) is 0 Å². The van der Waals surface area contributed by atoms with Gasteiger partial charge in [-0.3, -0.25) is 0 Å². The first-order valence-corrected chi connectivity index (χ1v) is 9.02. The second-order valence-electron chi connectivity index (χ2n) is 6.62. The predicted octanol–water partition coefficient (Wildman–Crippen LogP) is 2.80. The minimum atomic E-state index is 0.134. The Morgan fingerprint density at radius 2 is 2.04 bits per heavy atom. The first-order chi connectivity index (χ1) is 12.8. The van der Waals surface area contributed by atoms with E-state index in [0.29, 0.717) is 6.02 Å². The predicted molar refractivity (Wildman–Crippen MR) is 103 cm³/mol. The molecule has 1 fully saturated rings. The number of hydrogen-bond donors (Lipinski definition) is 0. The van der Waals surface area contributed by atoms with Crippen molar-refractivity contribution in [2.45, 2.75) is 18.9 Å². The van der Waals surface area contributed by atoms with E-state index in [0.717, 1.165) is 43.9 Å². The smallest absolute Gasteiger partial charge is 0.293 e. The van der Waals surface area contributed by atoms with Gasteiger partial charge >= 0.3 is 0 Å². The third-order valence-corrected chi connectivity index (χ3v) is 4.72. The molecule has 1 atom stereocenters. The molecule has 0 spiro atoms. The lowest BCUT2D eigenvalue weighted by Crippen LogP contribution is -2.43. The number of ether oxygens (including phenoxy) is 1. The third kappa shape index (κ3) is 3.69. The van der Waals surface area contributed by atoms with Crippen LogP contribution >= 0.6 is 0 Å². The van der Waals surface area contributed by atoms with E-state index in [-0.39, 0.29) is 6.10 Å². The fourth-order valence-electron chi connectivity index (χ4n) is 3.31. The number of rotatable bonds is 3. The number of para-hydroxylation sites is 1. The summed E-state index contributed by atoms with van der Waals surface area (Å²) in [5.41, 5.74) is 2.92. The second kappa shape index (κ2) is 7.56. The first-order valence-electron chi connectivity index (χ1n) is 9.02. The van der Waals surface area contributed by atoms with Gasteiger partial charge in [0.05, 0.1) is 17.9 Å². The number of benzene rings is 1. The summed E-state index contributed by atoms with van der Waals surface area (Å²) >= 11 is 0. The van der Waals surface area contributed by atoms with Crippen molar-refractivity contribution >= 4 is 17.4 Å². The van der Waals surface area contributed by atoms with Gasteiger partial charge < -0.3 is 14.5 Å². The van der Waals surface area contributed by atoms with Crippen molar-refractivity contribution in [2.75, 3.05) is 31.6 Å². The number of aliphatic imine (C=N–C) groups is 1. The zero-order valence-corrected chi connectivity index (χ0v) is 15.0. The van der Waals surface area contributed by atoms with Crippen molar-refractivity contribution in [3.05, 3.63) is 60.7 Å². The van der Waals surface area contributed by atoms with E-state index in [2.05, 4.69) is 45.2 Å². The molecule has 2 aliphatic heterocycles. The summed E-state index contributed by atoms with van der Waals surface area (Å²) in [5.74, 6) is 0. The van der Waals surface area contributed by atoms with Crippen LogP contribution in [0.15, 0.2) is 60.0 Å². The normalized spacial score (nSPS) is 20.4. The number of anilines is 1. The summed E-state index contributed by atoms with van der Waals surface area (Å²) in [6.07, 6.45) is 7.63. The molecule has 3 heterocycles. The van der Waals surface area contributed by atoms with E-state index in [1.807, 2.05) is 24.1 Å². The molecular weight excluding hydrogens is 326 g/mol. The van der Waals surface area contributed by atoms with Gasteiger partial charge in [0.15, 0.2) is 0 Å². The highest BCUT2D eigenvalue weighted by Gasteiger charge is 2.25. The standard InChI is InChI=1S/C20H23N5O/c1-24-13-10-19(18-9-11-21-15-22-18)23-20(24)26-17-8-5-12-25(14-17)16-6-3-2-4-7-16/h2-4,6-7,9-11,15,17H,5,8,12-14H2,1H3. The van der Waals surface area contributed by atoms with Crippen LogP contribution in [0.5, 0.6) is 0 Å². The van der Waals surface area contributed by atoms with Gasteiger partial charge in [0, 0.05) is 32.0 Å². The SMILES string of the molecule is CN1CC=C(c2ccncn2)N=C1OC1CCCN(c2ccccc2)C1. The van der Waals surface area contributed by atoms with Gasteiger partial charge in [0.25, 0.3) is 6.02 Å². The van der Waals surface area contributed by atoms with Crippen molar-refractivity contribution in [3.8, 4) is 0 Å². The summed E-state index contributed by atoms with van der Waals surface area (Å²) in [6, 6.07) is 13.1. The van der Waals surface area contributed by atoms with Gasteiger partial charge in [-0.05, 0) is 37.1 Å². The number of likely N-dealkylation sites (N-methyl/N-ethyl adjacent to an activating group) is 1. The quantitative estimate of drug-likeness (QED) is 0.853. The fraction of sp³-hybridized carbons (Fsp3) is 0.350. The van der Waals surface area contributed by atoms with Crippen LogP contribution in [-0.2, 0) is 4.74 Å². The topological polar surface area (TPSA) is 53.9 Å². The maximum absolute atomic E-state index is 6.30. The molecule has 0 saturated carbocycles. The number of hydrogen-bond acceptors (Lipinski definition) is 6. The van der Waals surface area contributed by atoms with Gasteiger partial charge in [0.1, 0.15) is 12.4 Å². The van der Waals surface area contributed by atoms with Crippen LogP contribution in [0, 0.1) is 0 Å². The van der Waals surface area contributed by atoms with Crippen molar-refractivity contribution in [2.24, 2.45) is 4.99 Å². The van der Waals surface area contributed by atoms with Crippen LogP contribution < -0.4 is 4.90 Å². The molecule has 134 valence electrons. The molecule has 1 saturated heterocycles. The molecule has 0 N–H and O–H groups in total. The molecule has 6 heteroatoms. The molecule has 4 rings (SSSR count). The highest BCUT2D eigenvalue weighted by Crippen LogP contribution is 2.23. The van der Waals surface area contributed by atoms with Gasteiger partial charge in [-0.2, -0.15) is 4.99 Å². The molecule has 0 aliphatic carbocycles. The summed E-state index contributed by atoms with van der Waals surface area (Å²) < 4.78 is 6.30. The van der Waals surface area contributed by atoms with Crippen LogP contribution in [-0.4, -0.2) is 53.7 Å². The number of amidine groups is 1. The first kappa shape index (κ1) is 16.6. The molecule has 0 amide bonds. The maximum Gasteiger partial charge on any atom is 0.293 e. The van der Waals surface area contributed by atoms with Crippen molar-refractivity contribution in [3.63, 3.8) is 0 Å². The Morgan fingerprint density at radius 3 is 2.85 bits per heavy atom. The molecular formula is C20H23N5O. The Hall–Kier alpha value is -2.89. The van der Waals surface area contributed by atoms with E-state index < -0.39 is 0 Å². The Balaban J connectivity index is 1.47. The van der Waals surface area contributed by atoms with Crippen LogP contribution in [0.25, 0.3) is 5.70 Å². The zero-order chi connectivity index (χ0) is 17.8. The van der Waals surface area contributed by atoms with Crippen LogP contribution in [0.2, 0.25) is 0 Å². The molecule has 1 unspecified atom stereocenters. The summed E-state index contributed by atoms with van der Waals surface area (Å²) in [7, 11) is 2.00. The highest BCUT2D eigenvalue weighted by molar-refractivity contribution is 5.83. The minimum Gasteiger partial charge on any atom is -0.460 e. The van der Waals surface area contributed by atoms with Crippen molar-refractivity contribution < 1.29 is 4.74 Å². The van der Waals surface area contributed by atoms with Gasteiger partial charge in [-0.15, -0.1) is 0 Å². The summed E-state index contributed by atoms with van der Waals surface area (Å²) in [5, 5.41) is 0. The van der Waals surface area contributed by atoms with E-state index in [1.54, 1.807) is 12.5 Å².